The van der Waals surface area contributed by atoms with Gasteiger partial charge < -0.3 is 49.7 Å². The zero-order valence-electron chi connectivity index (χ0n) is 39.9. The van der Waals surface area contributed by atoms with Gasteiger partial charge >= 0.3 is 27.6 Å². The van der Waals surface area contributed by atoms with Crippen LogP contribution >= 0.6 is 15.6 Å². The molecule has 9 atom stereocenters. The van der Waals surface area contributed by atoms with E-state index in [9.17, 15) is 58.9 Å². The van der Waals surface area contributed by atoms with Crippen molar-refractivity contribution >= 4 is 27.6 Å². The first-order valence-electron chi connectivity index (χ1n) is 23.9. The van der Waals surface area contributed by atoms with Gasteiger partial charge in [0.25, 0.3) is 0 Å². The van der Waals surface area contributed by atoms with Gasteiger partial charge in [-0.15, -0.1) is 0 Å². The molecule has 1 saturated carbocycles. The van der Waals surface area contributed by atoms with Crippen LogP contribution in [-0.4, -0.2) is 114 Å². The third-order valence-corrected chi connectivity index (χ3v) is 11.7. The van der Waals surface area contributed by atoms with E-state index >= 15 is 0 Å². The number of phosphoric acid groups is 2. The number of unbranched alkanes of at least 4 members (excludes halogenated alkanes) is 8. The van der Waals surface area contributed by atoms with Gasteiger partial charge in [0.05, 0.1) is 12.7 Å². The SMILES string of the molecule is CC/C=C\C/C=C\C/C=C\C/C=C\C=C/C(O)C/C=C\CCC(=O)OC[C@H](COP(=O)(O)O[C@H]1C(O)C(O)C(O)[C@@H](OP(=O)(O)O)C1O)OC(=O)CCCCCCC/C=C\C/C=C\CCCCC. The largest absolute Gasteiger partial charge is 0.472 e. The van der Waals surface area contributed by atoms with Crippen LogP contribution in [0.5, 0.6) is 0 Å². The predicted molar refractivity (Wildman–Crippen MR) is 261 cm³/mol. The molecule has 0 bridgehead atoms. The highest BCUT2D eigenvalue weighted by atomic mass is 31.2. The van der Waals surface area contributed by atoms with Crippen molar-refractivity contribution in [3.63, 3.8) is 0 Å². The van der Waals surface area contributed by atoms with Crippen LogP contribution in [0.4, 0.5) is 0 Å². The molecule has 1 aliphatic rings. The molecule has 0 spiro atoms. The van der Waals surface area contributed by atoms with Crippen molar-refractivity contribution in [2.24, 2.45) is 0 Å². The quantitative estimate of drug-likeness (QED) is 0.00953. The van der Waals surface area contributed by atoms with Crippen LogP contribution < -0.4 is 0 Å². The summed E-state index contributed by atoms with van der Waals surface area (Å²) in [6, 6.07) is 0. The molecule has 68 heavy (non-hydrogen) atoms. The number of carbonyl (C=O) groups is 2. The van der Waals surface area contributed by atoms with Crippen molar-refractivity contribution in [2.75, 3.05) is 13.2 Å². The Bertz CT molecular complexity index is 1700. The van der Waals surface area contributed by atoms with Crippen molar-refractivity contribution in [2.45, 2.75) is 185 Å². The molecule has 0 amide bonds. The second-order valence-electron chi connectivity index (χ2n) is 16.3. The fraction of sp³-hybridized carbons (Fsp3) is 0.633. The fourth-order valence-corrected chi connectivity index (χ4v) is 8.06. The molecule has 0 radical (unpaired) electrons. The first-order valence-corrected chi connectivity index (χ1v) is 26.9. The fourth-order valence-electron chi connectivity index (χ4n) is 6.52. The molecule has 8 N–H and O–H groups in total. The van der Waals surface area contributed by atoms with E-state index in [2.05, 4.69) is 79.1 Å². The van der Waals surface area contributed by atoms with Gasteiger partial charge in [-0.25, -0.2) is 9.13 Å². The number of hydrogen-bond donors (Lipinski definition) is 8. The number of aliphatic hydroxyl groups excluding tert-OH is 5. The summed E-state index contributed by atoms with van der Waals surface area (Å²) in [6.45, 7) is 2.79. The Kier molecular flexibility index (Phi) is 35.7. The summed E-state index contributed by atoms with van der Waals surface area (Å²) in [5.41, 5.74) is 0. The Morgan fingerprint density at radius 1 is 0.559 bits per heavy atom. The van der Waals surface area contributed by atoms with Crippen molar-refractivity contribution in [3.8, 4) is 0 Å². The summed E-state index contributed by atoms with van der Waals surface area (Å²) in [5.74, 6) is -1.41. The lowest BCUT2D eigenvalue weighted by atomic mass is 9.85. The molecule has 388 valence electrons. The Morgan fingerprint density at radius 2 is 1.10 bits per heavy atom. The number of rotatable bonds is 38. The molecular weight excluding hydrogens is 922 g/mol. The maximum atomic E-state index is 13.0. The number of phosphoric ester groups is 2. The third-order valence-electron chi connectivity index (χ3n) is 10.2. The predicted octanol–water partition coefficient (Wildman–Crippen LogP) is 8.14. The zero-order valence-corrected chi connectivity index (χ0v) is 41.6. The lowest BCUT2D eigenvalue weighted by Crippen LogP contribution is -2.64. The van der Waals surface area contributed by atoms with E-state index in [1.54, 1.807) is 24.3 Å². The molecule has 0 heterocycles. The maximum absolute atomic E-state index is 13.0. The van der Waals surface area contributed by atoms with Crippen molar-refractivity contribution < 1.29 is 82.0 Å². The second-order valence-corrected chi connectivity index (χ2v) is 18.9. The highest BCUT2D eigenvalue weighted by Gasteiger charge is 2.54. The summed E-state index contributed by atoms with van der Waals surface area (Å²) < 4.78 is 49.2. The van der Waals surface area contributed by atoms with Gasteiger partial charge in [0.2, 0.25) is 0 Å². The third kappa shape index (κ3) is 32.6. The summed E-state index contributed by atoms with van der Waals surface area (Å²) >= 11 is 0. The van der Waals surface area contributed by atoms with Gasteiger partial charge in [-0.3, -0.25) is 23.2 Å². The van der Waals surface area contributed by atoms with Crippen LogP contribution in [0.1, 0.15) is 136 Å². The monoisotopic (exact) mass is 1000 g/mol. The van der Waals surface area contributed by atoms with Crippen LogP contribution in [0, 0.1) is 0 Å². The minimum atomic E-state index is -5.39. The molecule has 19 heteroatoms. The van der Waals surface area contributed by atoms with Crippen LogP contribution in [0.25, 0.3) is 0 Å². The summed E-state index contributed by atoms with van der Waals surface area (Å²) in [7, 11) is -10.7. The van der Waals surface area contributed by atoms with Crippen molar-refractivity contribution in [1.82, 2.24) is 0 Å². The standard InChI is InChI=1S/C49H80O17P2/c1-3-5-7-9-11-13-15-17-18-20-22-24-26-28-32-37-43(52)64-41(39-63-68(60,61)66-49-46(55)44(53)45(54)48(47(49)56)65-67(57,58)59)38-62-42(51)36-33-29-31-35-40(50)34-30-27-25-23-21-19-16-14-12-10-8-6-4-2/h6,8,11-14,17-19,21,25,27,29-31,34,40-41,44-50,53-56H,3-5,7,9-10,15-16,20,22-24,26,28,32-33,35-39H2,1-2H3,(H,60,61)(H2,57,58,59)/b8-6-,13-11-,14-12-,18-17-,21-19-,27-25-,31-29-,34-30-/t40?,41-,44?,45?,46?,47?,48-,49+/m1/s1. The van der Waals surface area contributed by atoms with E-state index in [0.717, 1.165) is 70.6 Å². The molecule has 0 aliphatic heterocycles. The lowest BCUT2D eigenvalue weighted by molar-refractivity contribution is -0.216. The van der Waals surface area contributed by atoms with Crippen molar-refractivity contribution in [1.29, 1.82) is 0 Å². The van der Waals surface area contributed by atoms with Crippen LogP contribution in [0.2, 0.25) is 0 Å². The Labute approximate surface area is 403 Å². The van der Waals surface area contributed by atoms with Gasteiger partial charge in [-0.1, -0.05) is 143 Å². The molecule has 0 saturated heterocycles. The highest BCUT2D eigenvalue weighted by Crippen LogP contribution is 2.49. The van der Waals surface area contributed by atoms with E-state index in [1.165, 1.54) is 19.3 Å². The Balaban J connectivity index is 2.69. The summed E-state index contributed by atoms with van der Waals surface area (Å²) in [4.78, 5) is 54.3. The van der Waals surface area contributed by atoms with E-state index in [1.807, 2.05) is 12.2 Å². The van der Waals surface area contributed by atoms with E-state index in [4.69, 9.17) is 18.5 Å². The van der Waals surface area contributed by atoms with Crippen LogP contribution in [0.15, 0.2) is 97.2 Å². The van der Waals surface area contributed by atoms with Crippen molar-refractivity contribution in [3.05, 3.63) is 97.2 Å². The molecule has 1 fully saturated rings. The first kappa shape index (κ1) is 62.9. The molecule has 0 aromatic carbocycles. The van der Waals surface area contributed by atoms with E-state index in [-0.39, 0.29) is 19.3 Å². The second kappa shape index (κ2) is 38.6. The Morgan fingerprint density at radius 3 is 1.72 bits per heavy atom. The smallest absolute Gasteiger partial charge is 0.462 e. The average Bonchev–Trinajstić information content (AvgIpc) is 3.29. The van der Waals surface area contributed by atoms with Gasteiger partial charge in [0, 0.05) is 12.8 Å². The molecule has 0 aromatic rings. The number of ether oxygens (including phenoxy) is 2. The van der Waals surface area contributed by atoms with Crippen LogP contribution in [0.3, 0.4) is 0 Å². The Hall–Kier alpha value is -3.12. The molecule has 17 nitrogen and oxygen atoms in total. The number of esters is 2. The van der Waals surface area contributed by atoms with Gasteiger partial charge in [-0.2, -0.15) is 0 Å². The van der Waals surface area contributed by atoms with E-state index < -0.39 is 89.6 Å². The molecular formula is C49H80O17P2. The van der Waals surface area contributed by atoms with Crippen LogP contribution in [-0.2, 0) is 41.8 Å². The maximum Gasteiger partial charge on any atom is 0.472 e. The number of hydrogen-bond acceptors (Lipinski definition) is 14. The zero-order chi connectivity index (χ0) is 50.5. The van der Waals surface area contributed by atoms with E-state index in [0.29, 0.717) is 12.8 Å². The molecule has 6 unspecified atom stereocenters. The normalized spacial score (nSPS) is 22.6. The molecule has 1 aliphatic carbocycles. The van der Waals surface area contributed by atoms with Gasteiger partial charge in [0.1, 0.15) is 43.2 Å². The topological polar surface area (TPSA) is 276 Å². The highest BCUT2D eigenvalue weighted by molar-refractivity contribution is 7.47. The minimum Gasteiger partial charge on any atom is -0.462 e. The van der Waals surface area contributed by atoms with Gasteiger partial charge in [-0.05, 0) is 77.0 Å². The number of carbonyl (C=O) groups excluding carboxylic acids is 2. The summed E-state index contributed by atoms with van der Waals surface area (Å²) in [6.07, 6.45) is 31.0. The first-order chi connectivity index (χ1) is 32.5. The summed E-state index contributed by atoms with van der Waals surface area (Å²) in [5, 5.41) is 51.5. The molecule has 0 aromatic heterocycles. The number of aliphatic hydroxyl groups is 5. The van der Waals surface area contributed by atoms with Gasteiger partial charge in [0.15, 0.2) is 6.10 Å². The average molecular weight is 1000 g/mol. The molecule has 1 rings (SSSR count). The number of allylic oxidation sites excluding steroid dienone is 14. The lowest BCUT2D eigenvalue weighted by Gasteiger charge is -2.43. The minimum absolute atomic E-state index is 0.0147.